The third-order valence-corrected chi connectivity index (χ3v) is 3.40. The molecule has 1 aromatic heterocycles. The zero-order valence-electron chi connectivity index (χ0n) is 10.5. The van der Waals surface area contributed by atoms with Gasteiger partial charge in [0.1, 0.15) is 0 Å². The van der Waals surface area contributed by atoms with Crippen LogP contribution in [0.2, 0.25) is 0 Å². The fourth-order valence-corrected chi connectivity index (χ4v) is 2.11. The van der Waals surface area contributed by atoms with Crippen molar-refractivity contribution in [1.29, 1.82) is 0 Å². The van der Waals surface area contributed by atoms with E-state index in [1.54, 1.807) is 0 Å². The molecule has 18 heavy (non-hydrogen) atoms. The molecule has 0 atom stereocenters. The maximum Gasteiger partial charge on any atom is 0.0766 e. The minimum atomic E-state index is 0.868. The SMILES string of the molecule is c1ccc(-n2ccc(CNCCC3CC3)n2)cc1. The summed E-state index contributed by atoms with van der Waals surface area (Å²) in [7, 11) is 0. The summed E-state index contributed by atoms with van der Waals surface area (Å²) in [5, 5.41) is 8.03. The Morgan fingerprint density at radius 3 is 2.78 bits per heavy atom. The highest BCUT2D eigenvalue weighted by atomic mass is 15.3. The molecule has 1 aromatic carbocycles. The van der Waals surface area contributed by atoms with Crippen molar-refractivity contribution < 1.29 is 0 Å². The molecule has 0 aliphatic heterocycles. The van der Waals surface area contributed by atoms with Gasteiger partial charge < -0.3 is 5.32 Å². The Balaban J connectivity index is 1.52. The lowest BCUT2D eigenvalue weighted by atomic mass is 10.3. The van der Waals surface area contributed by atoms with Crippen LogP contribution in [0.1, 0.15) is 25.0 Å². The molecule has 3 heteroatoms. The molecule has 2 aromatic rings. The predicted octanol–water partition coefficient (Wildman–Crippen LogP) is 2.76. The van der Waals surface area contributed by atoms with Gasteiger partial charge >= 0.3 is 0 Å². The summed E-state index contributed by atoms with van der Waals surface area (Å²) >= 11 is 0. The zero-order chi connectivity index (χ0) is 12.2. The molecule has 0 amide bonds. The molecule has 3 nitrogen and oxygen atoms in total. The van der Waals surface area contributed by atoms with Crippen LogP contribution in [0.4, 0.5) is 0 Å². The number of para-hydroxylation sites is 1. The maximum atomic E-state index is 4.57. The van der Waals surface area contributed by atoms with E-state index in [4.69, 9.17) is 0 Å². The third-order valence-electron chi connectivity index (χ3n) is 3.40. The van der Waals surface area contributed by atoms with Gasteiger partial charge in [0.15, 0.2) is 0 Å². The molecule has 0 spiro atoms. The van der Waals surface area contributed by atoms with Crippen molar-refractivity contribution in [3.05, 3.63) is 48.3 Å². The van der Waals surface area contributed by atoms with Gasteiger partial charge in [-0.1, -0.05) is 31.0 Å². The number of rotatable bonds is 6. The Bertz CT molecular complexity index is 485. The van der Waals surface area contributed by atoms with Gasteiger partial charge in [0, 0.05) is 12.7 Å². The third kappa shape index (κ3) is 2.99. The Labute approximate surface area is 108 Å². The van der Waals surface area contributed by atoms with E-state index in [9.17, 15) is 0 Å². The largest absolute Gasteiger partial charge is 0.311 e. The van der Waals surface area contributed by atoms with Crippen molar-refractivity contribution in [2.45, 2.75) is 25.8 Å². The van der Waals surface area contributed by atoms with Crippen LogP contribution >= 0.6 is 0 Å². The Morgan fingerprint density at radius 2 is 2.00 bits per heavy atom. The summed E-state index contributed by atoms with van der Waals surface area (Å²) in [4.78, 5) is 0. The van der Waals surface area contributed by atoms with Crippen LogP contribution in [-0.2, 0) is 6.54 Å². The van der Waals surface area contributed by atoms with Crippen molar-refractivity contribution in [2.24, 2.45) is 5.92 Å². The van der Waals surface area contributed by atoms with E-state index in [0.29, 0.717) is 0 Å². The van der Waals surface area contributed by atoms with Crippen LogP contribution in [0.25, 0.3) is 5.69 Å². The number of benzene rings is 1. The minimum absolute atomic E-state index is 0.868. The molecule has 1 heterocycles. The van der Waals surface area contributed by atoms with Crippen LogP contribution in [0, 0.1) is 5.92 Å². The topological polar surface area (TPSA) is 29.9 Å². The molecule has 0 bridgehead atoms. The molecule has 1 aliphatic carbocycles. The van der Waals surface area contributed by atoms with E-state index in [1.165, 1.54) is 19.3 Å². The molecular formula is C15H19N3. The summed E-state index contributed by atoms with van der Waals surface area (Å²) in [5.74, 6) is 0.999. The van der Waals surface area contributed by atoms with Crippen molar-refractivity contribution in [2.75, 3.05) is 6.54 Å². The van der Waals surface area contributed by atoms with Gasteiger partial charge in [-0.3, -0.25) is 0 Å². The molecular weight excluding hydrogens is 222 g/mol. The molecule has 1 aliphatic rings. The Morgan fingerprint density at radius 1 is 1.17 bits per heavy atom. The van der Waals surface area contributed by atoms with Gasteiger partial charge in [0.2, 0.25) is 0 Å². The zero-order valence-corrected chi connectivity index (χ0v) is 10.5. The lowest BCUT2D eigenvalue weighted by Gasteiger charge is -2.02. The number of hydrogen-bond acceptors (Lipinski definition) is 2. The summed E-state index contributed by atoms with van der Waals surface area (Å²) in [5.41, 5.74) is 2.22. The molecule has 1 saturated carbocycles. The van der Waals surface area contributed by atoms with E-state index >= 15 is 0 Å². The summed E-state index contributed by atoms with van der Waals surface area (Å²) < 4.78 is 1.93. The first kappa shape index (κ1) is 11.5. The second-order valence-corrected chi connectivity index (χ2v) is 5.00. The van der Waals surface area contributed by atoms with Crippen LogP contribution in [0.5, 0.6) is 0 Å². The first-order valence-corrected chi connectivity index (χ1v) is 6.72. The molecule has 3 rings (SSSR count). The van der Waals surface area contributed by atoms with Gasteiger partial charge in [0.05, 0.1) is 11.4 Å². The summed E-state index contributed by atoms with van der Waals surface area (Å²) in [6, 6.07) is 12.3. The van der Waals surface area contributed by atoms with Crippen LogP contribution in [0.15, 0.2) is 42.6 Å². The Hall–Kier alpha value is -1.61. The van der Waals surface area contributed by atoms with Gasteiger partial charge in [0.25, 0.3) is 0 Å². The van der Waals surface area contributed by atoms with Gasteiger partial charge in [-0.15, -0.1) is 0 Å². The quantitative estimate of drug-likeness (QED) is 0.788. The second kappa shape index (κ2) is 5.36. The number of aromatic nitrogens is 2. The highest BCUT2D eigenvalue weighted by Gasteiger charge is 2.19. The monoisotopic (exact) mass is 241 g/mol. The second-order valence-electron chi connectivity index (χ2n) is 5.00. The fourth-order valence-electron chi connectivity index (χ4n) is 2.11. The molecule has 94 valence electrons. The molecule has 1 fully saturated rings. The van der Waals surface area contributed by atoms with E-state index in [2.05, 4.69) is 28.6 Å². The van der Waals surface area contributed by atoms with Crippen LogP contribution in [0.3, 0.4) is 0 Å². The normalized spacial score (nSPS) is 14.9. The maximum absolute atomic E-state index is 4.57. The number of hydrogen-bond donors (Lipinski definition) is 1. The average Bonchev–Trinajstić information content (AvgIpc) is 3.12. The van der Waals surface area contributed by atoms with E-state index in [1.807, 2.05) is 29.1 Å². The molecule has 0 radical (unpaired) electrons. The lowest BCUT2D eigenvalue weighted by molar-refractivity contribution is 0.603. The number of nitrogens with zero attached hydrogens (tertiary/aromatic N) is 2. The smallest absolute Gasteiger partial charge is 0.0766 e. The summed E-state index contributed by atoms with van der Waals surface area (Å²) in [6.07, 6.45) is 6.21. The van der Waals surface area contributed by atoms with E-state index in [0.717, 1.165) is 30.4 Å². The standard InChI is InChI=1S/C15H19N3/c1-2-4-15(5-3-1)18-11-9-14(17-18)12-16-10-8-13-6-7-13/h1-5,9,11,13,16H,6-8,10,12H2. The molecule has 0 saturated heterocycles. The lowest BCUT2D eigenvalue weighted by Crippen LogP contribution is -2.15. The van der Waals surface area contributed by atoms with Crippen molar-refractivity contribution in [3.63, 3.8) is 0 Å². The van der Waals surface area contributed by atoms with E-state index in [-0.39, 0.29) is 0 Å². The van der Waals surface area contributed by atoms with Crippen LogP contribution < -0.4 is 5.32 Å². The first-order valence-electron chi connectivity index (χ1n) is 6.72. The molecule has 1 N–H and O–H groups in total. The van der Waals surface area contributed by atoms with Crippen LogP contribution in [-0.4, -0.2) is 16.3 Å². The molecule has 0 unspecified atom stereocenters. The van der Waals surface area contributed by atoms with Gasteiger partial charge in [-0.2, -0.15) is 5.10 Å². The van der Waals surface area contributed by atoms with Gasteiger partial charge in [-0.25, -0.2) is 4.68 Å². The summed E-state index contributed by atoms with van der Waals surface area (Å²) in [6.45, 7) is 1.98. The van der Waals surface area contributed by atoms with Crippen molar-refractivity contribution >= 4 is 0 Å². The van der Waals surface area contributed by atoms with Crippen molar-refractivity contribution in [3.8, 4) is 5.69 Å². The van der Waals surface area contributed by atoms with Crippen molar-refractivity contribution in [1.82, 2.24) is 15.1 Å². The highest BCUT2D eigenvalue weighted by Crippen LogP contribution is 2.31. The average molecular weight is 241 g/mol. The van der Waals surface area contributed by atoms with E-state index < -0.39 is 0 Å². The minimum Gasteiger partial charge on any atom is -0.311 e. The Kier molecular flexibility index (Phi) is 3.42. The van der Waals surface area contributed by atoms with Gasteiger partial charge in [-0.05, 0) is 37.1 Å². The highest BCUT2D eigenvalue weighted by molar-refractivity contribution is 5.30. The first-order chi connectivity index (χ1) is 8.92. The fraction of sp³-hybridized carbons (Fsp3) is 0.400. The number of nitrogens with one attached hydrogen (secondary N) is 1. The predicted molar refractivity (Wildman–Crippen MR) is 72.6 cm³/mol.